The van der Waals surface area contributed by atoms with Crippen molar-refractivity contribution in [1.29, 1.82) is 5.26 Å². The van der Waals surface area contributed by atoms with Gasteiger partial charge in [0, 0.05) is 10.6 Å². The van der Waals surface area contributed by atoms with Gasteiger partial charge >= 0.3 is 0 Å². The van der Waals surface area contributed by atoms with Gasteiger partial charge in [-0.25, -0.2) is 0 Å². The van der Waals surface area contributed by atoms with E-state index < -0.39 is 0 Å². The third kappa shape index (κ3) is 2.46. The van der Waals surface area contributed by atoms with Crippen LogP contribution in [0.25, 0.3) is 0 Å². The molecule has 1 amide bonds. The Balaban J connectivity index is 2.07. The molecule has 3 rings (SSSR count). The fraction of sp³-hybridized carbons (Fsp3) is 0.125. The van der Waals surface area contributed by atoms with E-state index in [4.69, 9.17) is 11.0 Å². The van der Waals surface area contributed by atoms with Crippen LogP contribution in [0.1, 0.15) is 10.8 Å². The summed E-state index contributed by atoms with van der Waals surface area (Å²) >= 11 is 1.50. The molecule has 1 atom stereocenters. The van der Waals surface area contributed by atoms with Gasteiger partial charge in [-0.05, 0) is 23.8 Å². The normalized spacial score (nSPS) is 17.2. The molecule has 0 spiro atoms. The summed E-state index contributed by atoms with van der Waals surface area (Å²) < 4.78 is 0. The van der Waals surface area contributed by atoms with Crippen molar-refractivity contribution in [2.75, 3.05) is 17.2 Å². The summed E-state index contributed by atoms with van der Waals surface area (Å²) in [7, 11) is 0. The highest BCUT2D eigenvalue weighted by Gasteiger charge is 2.34. The van der Waals surface area contributed by atoms with Crippen molar-refractivity contribution in [3.05, 3.63) is 54.1 Å². The fourth-order valence-electron chi connectivity index (χ4n) is 2.35. The van der Waals surface area contributed by atoms with Gasteiger partial charge in [-0.15, -0.1) is 11.8 Å². The molecule has 5 heteroatoms. The standard InChI is InChI=1S/C16H13N3OS/c17-8-9-19-13-10-12(18)6-7-14(13)21-15(16(19)20)11-4-2-1-3-5-11/h1-7,10,15H,9,18H2. The second-order valence-electron chi connectivity index (χ2n) is 4.72. The number of nitrogen functional groups attached to an aromatic ring is 1. The van der Waals surface area contributed by atoms with E-state index in [0.717, 1.165) is 16.1 Å². The summed E-state index contributed by atoms with van der Waals surface area (Å²) in [5.74, 6) is -0.0779. The molecule has 0 saturated carbocycles. The number of amides is 1. The molecule has 1 aliphatic rings. The molecule has 0 saturated heterocycles. The predicted octanol–water partition coefficient (Wildman–Crippen LogP) is 2.97. The van der Waals surface area contributed by atoms with Crippen LogP contribution in [-0.2, 0) is 4.79 Å². The maximum absolute atomic E-state index is 12.7. The molecule has 2 aromatic carbocycles. The number of fused-ring (bicyclic) bond motifs is 1. The molecule has 2 N–H and O–H groups in total. The number of hydrogen-bond donors (Lipinski definition) is 1. The number of benzene rings is 2. The predicted molar refractivity (Wildman–Crippen MR) is 83.9 cm³/mol. The number of anilines is 2. The van der Waals surface area contributed by atoms with Crippen LogP contribution < -0.4 is 10.6 Å². The molecule has 0 fully saturated rings. The Bertz CT molecular complexity index is 724. The number of carbonyl (C=O) groups excluding carboxylic acids is 1. The highest BCUT2D eigenvalue weighted by molar-refractivity contribution is 8.00. The van der Waals surface area contributed by atoms with Crippen LogP contribution in [0, 0.1) is 11.3 Å². The summed E-state index contributed by atoms with van der Waals surface area (Å²) in [6, 6.07) is 17.1. The lowest BCUT2D eigenvalue weighted by Crippen LogP contribution is -2.37. The summed E-state index contributed by atoms with van der Waals surface area (Å²) in [6.45, 7) is 0.0270. The van der Waals surface area contributed by atoms with Crippen LogP contribution in [0.2, 0.25) is 0 Å². The molecule has 104 valence electrons. The van der Waals surface area contributed by atoms with Crippen LogP contribution in [0.15, 0.2) is 53.4 Å². The SMILES string of the molecule is N#CCN1C(=O)C(c2ccccc2)Sc2ccc(N)cc21. The number of hydrogen-bond acceptors (Lipinski definition) is 4. The van der Waals surface area contributed by atoms with Gasteiger partial charge in [0.1, 0.15) is 11.8 Å². The van der Waals surface area contributed by atoms with E-state index in [1.54, 1.807) is 6.07 Å². The quantitative estimate of drug-likeness (QED) is 0.683. The number of nitrogens with zero attached hydrogens (tertiary/aromatic N) is 2. The molecule has 0 radical (unpaired) electrons. The minimum atomic E-state index is -0.323. The highest BCUT2D eigenvalue weighted by atomic mass is 32.2. The Hall–Kier alpha value is -2.45. The zero-order valence-corrected chi connectivity index (χ0v) is 12.0. The van der Waals surface area contributed by atoms with Crippen LogP contribution in [0.4, 0.5) is 11.4 Å². The highest BCUT2D eigenvalue weighted by Crippen LogP contribution is 2.46. The van der Waals surface area contributed by atoms with Gasteiger partial charge in [0.15, 0.2) is 0 Å². The first-order valence-corrected chi connectivity index (χ1v) is 7.38. The summed E-state index contributed by atoms with van der Waals surface area (Å²) in [6.07, 6.45) is 0. The van der Waals surface area contributed by atoms with Gasteiger partial charge < -0.3 is 5.73 Å². The second kappa shape index (κ2) is 5.51. The lowest BCUT2D eigenvalue weighted by molar-refractivity contribution is -0.118. The van der Waals surface area contributed by atoms with Gasteiger partial charge in [-0.3, -0.25) is 9.69 Å². The summed E-state index contributed by atoms with van der Waals surface area (Å²) in [5, 5.41) is 8.68. The second-order valence-corrected chi connectivity index (χ2v) is 5.87. The number of nitriles is 1. The van der Waals surface area contributed by atoms with Gasteiger partial charge in [-0.2, -0.15) is 5.26 Å². The average Bonchev–Trinajstić information content (AvgIpc) is 2.51. The Morgan fingerprint density at radius 2 is 2.00 bits per heavy atom. The van der Waals surface area contributed by atoms with E-state index in [0.29, 0.717) is 5.69 Å². The number of rotatable bonds is 2. The van der Waals surface area contributed by atoms with Gasteiger partial charge in [0.25, 0.3) is 0 Å². The average molecular weight is 295 g/mol. The molecule has 0 aromatic heterocycles. The monoisotopic (exact) mass is 295 g/mol. The number of carbonyl (C=O) groups is 1. The number of nitrogens with two attached hydrogens (primary N) is 1. The third-order valence-electron chi connectivity index (χ3n) is 3.34. The van der Waals surface area contributed by atoms with E-state index in [1.807, 2.05) is 42.5 Å². The summed E-state index contributed by atoms with van der Waals surface area (Å²) in [5.41, 5.74) is 8.05. The van der Waals surface area contributed by atoms with E-state index in [9.17, 15) is 4.79 Å². The first-order valence-electron chi connectivity index (χ1n) is 6.50. The molecule has 0 bridgehead atoms. The van der Waals surface area contributed by atoms with Gasteiger partial charge in [0.2, 0.25) is 5.91 Å². The largest absolute Gasteiger partial charge is 0.399 e. The first kappa shape index (κ1) is 13.5. The maximum Gasteiger partial charge on any atom is 0.245 e. The van der Waals surface area contributed by atoms with E-state index in [1.165, 1.54) is 16.7 Å². The zero-order chi connectivity index (χ0) is 14.8. The minimum Gasteiger partial charge on any atom is -0.399 e. The minimum absolute atomic E-state index is 0.0270. The third-order valence-corrected chi connectivity index (χ3v) is 4.65. The molecule has 1 aliphatic heterocycles. The van der Waals surface area contributed by atoms with Gasteiger partial charge in [0.05, 0.1) is 11.8 Å². The van der Waals surface area contributed by atoms with Crippen molar-refractivity contribution >= 4 is 29.0 Å². The van der Waals surface area contributed by atoms with E-state index >= 15 is 0 Å². The first-order chi connectivity index (χ1) is 10.2. The molecule has 21 heavy (non-hydrogen) atoms. The van der Waals surface area contributed by atoms with E-state index in [2.05, 4.69) is 6.07 Å². The van der Waals surface area contributed by atoms with Crippen molar-refractivity contribution in [1.82, 2.24) is 0 Å². The van der Waals surface area contributed by atoms with Crippen LogP contribution in [0.5, 0.6) is 0 Å². The molecule has 0 aliphatic carbocycles. The van der Waals surface area contributed by atoms with Crippen molar-refractivity contribution < 1.29 is 4.79 Å². The summed E-state index contributed by atoms with van der Waals surface area (Å²) in [4.78, 5) is 15.2. The van der Waals surface area contributed by atoms with Crippen molar-refractivity contribution in [2.45, 2.75) is 10.1 Å². The molecule has 1 heterocycles. The Labute approximate surface area is 127 Å². The lowest BCUT2D eigenvalue weighted by Gasteiger charge is -2.32. The van der Waals surface area contributed by atoms with Crippen molar-refractivity contribution in [3.8, 4) is 6.07 Å². The number of thioether (sulfide) groups is 1. The Morgan fingerprint density at radius 3 is 2.71 bits per heavy atom. The van der Waals surface area contributed by atoms with Crippen LogP contribution in [-0.4, -0.2) is 12.5 Å². The molecular formula is C16H13N3OS. The Kier molecular flexibility index (Phi) is 3.55. The van der Waals surface area contributed by atoms with Crippen molar-refractivity contribution in [3.63, 3.8) is 0 Å². The molecule has 4 nitrogen and oxygen atoms in total. The Morgan fingerprint density at radius 1 is 1.24 bits per heavy atom. The van der Waals surface area contributed by atoms with Crippen LogP contribution in [0.3, 0.4) is 0 Å². The maximum atomic E-state index is 12.7. The smallest absolute Gasteiger partial charge is 0.245 e. The topological polar surface area (TPSA) is 70.1 Å². The molecular weight excluding hydrogens is 282 g/mol. The molecule has 2 aromatic rings. The fourth-order valence-corrected chi connectivity index (χ4v) is 3.57. The lowest BCUT2D eigenvalue weighted by atomic mass is 10.1. The molecule has 1 unspecified atom stereocenters. The van der Waals surface area contributed by atoms with Crippen molar-refractivity contribution in [2.24, 2.45) is 0 Å². The van der Waals surface area contributed by atoms with Crippen LogP contribution >= 0.6 is 11.8 Å². The van der Waals surface area contributed by atoms with E-state index in [-0.39, 0.29) is 17.7 Å². The zero-order valence-electron chi connectivity index (χ0n) is 11.2. The van der Waals surface area contributed by atoms with Gasteiger partial charge in [-0.1, -0.05) is 30.3 Å².